The van der Waals surface area contributed by atoms with E-state index in [0.717, 1.165) is 18.6 Å². The van der Waals surface area contributed by atoms with Gasteiger partial charge in [-0.25, -0.2) is 17.5 Å². The van der Waals surface area contributed by atoms with Gasteiger partial charge >= 0.3 is 0 Å². The third-order valence-corrected chi connectivity index (χ3v) is 4.85. The summed E-state index contributed by atoms with van der Waals surface area (Å²) in [4.78, 5) is 10.4. The Bertz CT molecular complexity index is 656. The van der Waals surface area contributed by atoms with Crippen LogP contribution in [-0.4, -0.2) is 31.6 Å². The molecule has 0 saturated heterocycles. The molecule has 1 saturated carbocycles. The molecule has 0 heterocycles. The van der Waals surface area contributed by atoms with E-state index in [9.17, 15) is 22.7 Å². The number of nitrogens with one attached hydrogen (secondary N) is 2. The molecule has 8 heteroatoms. The first-order valence-corrected chi connectivity index (χ1v) is 7.99. The molecule has 0 aromatic heterocycles. The molecule has 1 aromatic carbocycles. The summed E-state index contributed by atoms with van der Waals surface area (Å²) in [7, 11) is -4.04. The second-order valence-electron chi connectivity index (χ2n) is 5.23. The summed E-state index contributed by atoms with van der Waals surface area (Å²) in [6.07, 6.45) is 1.90. The molecule has 0 bridgehead atoms. The Labute approximate surface area is 122 Å². The first-order valence-electron chi connectivity index (χ1n) is 6.51. The Balaban J connectivity index is 2.14. The highest BCUT2D eigenvalue weighted by molar-refractivity contribution is 7.89. The van der Waals surface area contributed by atoms with Crippen LogP contribution in [0.25, 0.3) is 0 Å². The summed E-state index contributed by atoms with van der Waals surface area (Å²) in [6, 6.07) is 3.32. The van der Waals surface area contributed by atoms with Gasteiger partial charge in [-0.15, -0.1) is 0 Å². The zero-order chi connectivity index (χ0) is 15.7. The van der Waals surface area contributed by atoms with Gasteiger partial charge in [0.15, 0.2) is 0 Å². The zero-order valence-corrected chi connectivity index (χ0v) is 12.3. The van der Waals surface area contributed by atoms with Gasteiger partial charge < -0.3 is 10.4 Å². The van der Waals surface area contributed by atoms with E-state index < -0.39 is 26.3 Å². The number of hydrogen-bond donors (Lipinski definition) is 3. The normalized spacial score (nSPS) is 17.1. The second kappa shape index (κ2) is 5.70. The highest BCUT2D eigenvalue weighted by Gasteiger charge is 2.35. The predicted octanol–water partition coefficient (Wildman–Crippen LogP) is 0.977. The molecule has 1 fully saturated rings. The standard InChI is InChI=1S/C13H17FN2O4S/c1-9(17)16-10-3-4-12(11(14)7-10)21(19,20)15-8-13(18)5-2-6-13/h3-4,7,15,18H,2,5-6,8H2,1H3,(H,16,17). The zero-order valence-electron chi connectivity index (χ0n) is 11.5. The minimum atomic E-state index is -4.04. The number of aliphatic hydroxyl groups is 1. The summed E-state index contributed by atoms with van der Waals surface area (Å²) >= 11 is 0. The van der Waals surface area contributed by atoms with Crippen molar-refractivity contribution in [3.05, 3.63) is 24.0 Å². The number of hydrogen-bond acceptors (Lipinski definition) is 4. The van der Waals surface area contributed by atoms with Gasteiger partial charge in [-0.3, -0.25) is 4.79 Å². The van der Waals surface area contributed by atoms with Crippen LogP contribution in [0.4, 0.5) is 10.1 Å². The number of sulfonamides is 1. The van der Waals surface area contributed by atoms with E-state index in [0.29, 0.717) is 12.8 Å². The predicted molar refractivity (Wildman–Crippen MR) is 74.7 cm³/mol. The van der Waals surface area contributed by atoms with Gasteiger partial charge in [0.2, 0.25) is 15.9 Å². The van der Waals surface area contributed by atoms with Crippen molar-refractivity contribution in [3.8, 4) is 0 Å². The molecule has 0 radical (unpaired) electrons. The number of benzene rings is 1. The first kappa shape index (κ1) is 15.9. The molecule has 1 aromatic rings. The van der Waals surface area contributed by atoms with Crippen LogP contribution in [0.2, 0.25) is 0 Å². The maximum atomic E-state index is 13.9. The van der Waals surface area contributed by atoms with E-state index in [1.165, 1.54) is 13.0 Å². The third-order valence-electron chi connectivity index (χ3n) is 3.42. The van der Waals surface area contributed by atoms with Crippen LogP contribution < -0.4 is 10.0 Å². The van der Waals surface area contributed by atoms with Crippen LogP contribution in [0.5, 0.6) is 0 Å². The molecule has 0 unspecified atom stereocenters. The molecule has 1 aliphatic rings. The van der Waals surface area contributed by atoms with Crippen LogP contribution >= 0.6 is 0 Å². The number of amides is 1. The topological polar surface area (TPSA) is 95.5 Å². The van der Waals surface area contributed by atoms with Crippen molar-refractivity contribution < 1.29 is 22.7 Å². The maximum absolute atomic E-state index is 13.9. The van der Waals surface area contributed by atoms with Crippen LogP contribution in [0, 0.1) is 5.82 Å². The van der Waals surface area contributed by atoms with Gasteiger partial charge in [0.25, 0.3) is 0 Å². The lowest BCUT2D eigenvalue weighted by atomic mass is 9.81. The van der Waals surface area contributed by atoms with Gasteiger partial charge in [0.1, 0.15) is 10.7 Å². The van der Waals surface area contributed by atoms with E-state index in [1.807, 2.05) is 0 Å². The minimum absolute atomic E-state index is 0.137. The average Bonchev–Trinajstić information content (AvgIpc) is 2.33. The summed E-state index contributed by atoms with van der Waals surface area (Å²) in [5.74, 6) is -1.34. The SMILES string of the molecule is CC(=O)Nc1ccc(S(=O)(=O)NCC2(O)CCC2)c(F)c1. The monoisotopic (exact) mass is 316 g/mol. The highest BCUT2D eigenvalue weighted by Crippen LogP contribution is 2.31. The van der Waals surface area contributed by atoms with Crippen LogP contribution in [0.1, 0.15) is 26.2 Å². The van der Waals surface area contributed by atoms with Gasteiger partial charge in [0, 0.05) is 19.2 Å². The number of carbonyl (C=O) groups excluding carboxylic acids is 1. The Morgan fingerprint density at radius 2 is 2.10 bits per heavy atom. The fraction of sp³-hybridized carbons (Fsp3) is 0.462. The van der Waals surface area contributed by atoms with Gasteiger partial charge in [-0.1, -0.05) is 0 Å². The van der Waals surface area contributed by atoms with E-state index in [2.05, 4.69) is 10.0 Å². The molecule has 3 N–H and O–H groups in total. The number of rotatable bonds is 5. The molecule has 1 amide bonds. The fourth-order valence-corrected chi connectivity index (χ4v) is 3.25. The lowest BCUT2D eigenvalue weighted by Gasteiger charge is -2.36. The summed E-state index contributed by atoms with van der Waals surface area (Å²) < 4.78 is 40.1. The van der Waals surface area contributed by atoms with E-state index in [1.54, 1.807) is 0 Å². The summed E-state index contributed by atoms with van der Waals surface area (Å²) in [5, 5.41) is 12.2. The number of anilines is 1. The van der Waals surface area contributed by atoms with Crippen molar-refractivity contribution in [3.63, 3.8) is 0 Å². The van der Waals surface area contributed by atoms with E-state index >= 15 is 0 Å². The van der Waals surface area contributed by atoms with E-state index in [-0.39, 0.29) is 18.1 Å². The molecular formula is C13H17FN2O4S. The average molecular weight is 316 g/mol. The molecule has 1 aliphatic carbocycles. The Morgan fingerprint density at radius 3 is 2.57 bits per heavy atom. The minimum Gasteiger partial charge on any atom is -0.389 e. The highest BCUT2D eigenvalue weighted by atomic mass is 32.2. The van der Waals surface area contributed by atoms with Crippen molar-refractivity contribution in [1.29, 1.82) is 0 Å². The van der Waals surface area contributed by atoms with Gasteiger partial charge in [0.05, 0.1) is 5.60 Å². The molecule has 6 nitrogen and oxygen atoms in total. The Kier molecular flexibility index (Phi) is 4.31. The third kappa shape index (κ3) is 3.78. The lowest BCUT2D eigenvalue weighted by Crippen LogP contribution is -2.47. The van der Waals surface area contributed by atoms with Crippen molar-refractivity contribution in [2.24, 2.45) is 0 Å². The van der Waals surface area contributed by atoms with Crippen molar-refractivity contribution >= 4 is 21.6 Å². The van der Waals surface area contributed by atoms with Crippen molar-refractivity contribution in [1.82, 2.24) is 4.72 Å². The fourth-order valence-electron chi connectivity index (χ4n) is 2.07. The van der Waals surface area contributed by atoms with Gasteiger partial charge in [-0.05, 0) is 37.5 Å². The Hall–Kier alpha value is -1.51. The molecule has 0 aliphatic heterocycles. The Morgan fingerprint density at radius 1 is 1.43 bits per heavy atom. The number of halogens is 1. The molecule has 21 heavy (non-hydrogen) atoms. The largest absolute Gasteiger partial charge is 0.389 e. The quantitative estimate of drug-likeness (QED) is 0.754. The van der Waals surface area contributed by atoms with Crippen LogP contribution in [0.15, 0.2) is 23.1 Å². The van der Waals surface area contributed by atoms with Crippen LogP contribution in [-0.2, 0) is 14.8 Å². The molecule has 0 spiro atoms. The molecule has 2 rings (SSSR count). The summed E-state index contributed by atoms with van der Waals surface area (Å²) in [6.45, 7) is 1.13. The lowest BCUT2D eigenvalue weighted by molar-refractivity contribution is -0.114. The number of carbonyl (C=O) groups is 1. The molecular weight excluding hydrogens is 299 g/mol. The maximum Gasteiger partial charge on any atom is 0.243 e. The molecule has 116 valence electrons. The smallest absolute Gasteiger partial charge is 0.243 e. The molecule has 0 atom stereocenters. The van der Waals surface area contributed by atoms with Crippen molar-refractivity contribution in [2.75, 3.05) is 11.9 Å². The van der Waals surface area contributed by atoms with E-state index in [4.69, 9.17) is 0 Å². The van der Waals surface area contributed by atoms with Crippen LogP contribution in [0.3, 0.4) is 0 Å². The van der Waals surface area contributed by atoms with Gasteiger partial charge in [-0.2, -0.15) is 0 Å². The summed E-state index contributed by atoms with van der Waals surface area (Å²) in [5.41, 5.74) is -0.851. The second-order valence-corrected chi connectivity index (χ2v) is 6.96. The van der Waals surface area contributed by atoms with Crippen molar-refractivity contribution in [2.45, 2.75) is 36.7 Å². The first-order chi connectivity index (χ1) is 9.72.